The second kappa shape index (κ2) is 9.99. The highest BCUT2D eigenvalue weighted by atomic mass is 16.6. The molecule has 0 rings (SSSR count). The van der Waals surface area contributed by atoms with Crippen LogP contribution < -0.4 is 5.32 Å². The first kappa shape index (κ1) is 19.2. The molecule has 0 aliphatic carbocycles. The van der Waals surface area contributed by atoms with Crippen LogP contribution in [0, 0.1) is 0 Å². The summed E-state index contributed by atoms with van der Waals surface area (Å²) in [5.41, 5.74) is -0.578. The third-order valence-electron chi connectivity index (χ3n) is 2.09. The van der Waals surface area contributed by atoms with Gasteiger partial charge < -0.3 is 19.5 Å². The van der Waals surface area contributed by atoms with Crippen molar-refractivity contribution in [3.8, 4) is 0 Å². The topological polar surface area (TPSA) is 73.9 Å². The highest BCUT2D eigenvalue weighted by molar-refractivity contribution is 5.70. The van der Waals surface area contributed by atoms with Gasteiger partial charge in [-0.15, -0.1) is 13.2 Å². The quantitative estimate of drug-likeness (QED) is 0.401. The maximum absolute atomic E-state index is 11.6. The Morgan fingerprint density at radius 1 is 1.29 bits per heavy atom. The summed E-state index contributed by atoms with van der Waals surface area (Å²) in [6.45, 7) is 12.6. The average molecular weight is 299 g/mol. The van der Waals surface area contributed by atoms with E-state index >= 15 is 0 Å². The van der Waals surface area contributed by atoms with E-state index < -0.39 is 23.7 Å². The van der Waals surface area contributed by atoms with Crippen molar-refractivity contribution >= 4 is 12.1 Å². The van der Waals surface area contributed by atoms with Crippen molar-refractivity contribution in [1.29, 1.82) is 0 Å². The summed E-state index contributed by atoms with van der Waals surface area (Å²) < 4.78 is 15.1. The molecule has 1 N–H and O–H groups in total. The fraction of sp³-hybridized carbons (Fsp3) is 0.600. The minimum absolute atomic E-state index is 0.110. The first-order valence-corrected chi connectivity index (χ1v) is 6.75. The largest absolute Gasteiger partial charge is 0.464 e. The number of carbonyl (C=O) groups excluding carboxylic acids is 2. The predicted molar refractivity (Wildman–Crippen MR) is 79.9 cm³/mol. The molecule has 0 saturated heterocycles. The van der Waals surface area contributed by atoms with Crippen LogP contribution in [0.2, 0.25) is 0 Å². The smallest absolute Gasteiger partial charge is 0.408 e. The standard InChI is InChI=1S/C15H25NO5/c1-6-8-9-20-13(17)11-19-10-12(7-2)16-14(18)21-15(3,4)5/h6-7,12H,1-2,8-11H2,3-5H3,(H,16,18)/t12-/m0/s1. The third kappa shape index (κ3) is 11.7. The van der Waals surface area contributed by atoms with E-state index in [1.807, 2.05) is 0 Å². The molecule has 0 fully saturated rings. The van der Waals surface area contributed by atoms with Crippen LogP contribution in [0.5, 0.6) is 0 Å². The van der Waals surface area contributed by atoms with Crippen molar-refractivity contribution in [3.63, 3.8) is 0 Å². The molecule has 21 heavy (non-hydrogen) atoms. The summed E-state index contributed by atoms with van der Waals surface area (Å²) in [4.78, 5) is 22.8. The molecule has 0 unspecified atom stereocenters. The zero-order valence-corrected chi connectivity index (χ0v) is 13.0. The van der Waals surface area contributed by atoms with Crippen molar-refractivity contribution in [2.75, 3.05) is 19.8 Å². The minimum Gasteiger partial charge on any atom is -0.464 e. The van der Waals surface area contributed by atoms with E-state index in [0.29, 0.717) is 6.42 Å². The molecule has 0 aliphatic rings. The first-order valence-electron chi connectivity index (χ1n) is 6.75. The van der Waals surface area contributed by atoms with E-state index in [-0.39, 0.29) is 19.8 Å². The molecule has 1 atom stereocenters. The lowest BCUT2D eigenvalue weighted by molar-refractivity contribution is -0.148. The second-order valence-corrected chi connectivity index (χ2v) is 5.30. The van der Waals surface area contributed by atoms with Gasteiger partial charge in [0.2, 0.25) is 0 Å². The van der Waals surface area contributed by atoms with Gasteiger partial charge in [-0.2, -0.15) is 0 Å². The van der Waals surface area contributed by atoms with Crippen LogP contribution >= 0.6 is 0 Å². The maximum Gasteiger partial charge on any atom is 0.408 e. The van der Waals surface area contributed by atoms with Crippen molar-refractivity contribution < 1.29 is 23.8 Å². The summed E-state index contributed by atoms with van der Waals surface area (Å²) in [7, 11) is 0. The molecule has 0 spiro atoms. The fourth-order valence-corrected chi connectivity index (χ4v) is 1.19. The predicted octanol–water partition coefficient (Wildman–Crippen LogP) is 2.20. The molecule has 0 aromatic heterocycles. The Hall–Kier alpha value is -1.82. The van der Waals surface area contributed by atoms with Gasteiger partial charge in [0, 0.05) is 0 Å². The van der Waals surface area contributed by atoms with E-state index in [9.17, 15) is 9.59 Å². The third-order valence-corrected chi connectivity index (χ3v) is 2.09. The normalized spacial score (nSPS) is 12.1. The molecule has 6 nitrogen and oxygen atoms in total. The van der Waals surface area contributed by atoms with Crippen LogP contribution in [0.25, 0.3) is 0 Å². The average Bonchev–Trinajstić information content (AvgIpc) is 2.35. The molecular formula is C15H25NO5. The van der Waals surface area contributed by atoms with Gasteiger partial charge in [0.1, 0.15) is 12.2 Å². The lowest BCUT2D eigenvalue weighted by atomic mass is 10.2. The molecule has 0 aromatic carbocycles. The van der Waals surface area contributed by atoms with Crippen LogP contribution in [-0.4, -0.2) is 43.5 Å². The van der Waals surface area contributed by atoms with Gasteiger partial charge in [0.25, 0.3) is 0 Å². The molecule has 0 aliphatic heterocycles. The lowest BCUT2D eigenvalue weighted by Crippen LogP contribution is -2.40. The second-order valence-electron chi connectivity index (χ2n) is 5.30. The highest BCUT2D eigenvalue weighted by Crippen LogP contribution is 2.06. The Morgan fingerprint density at radius 2 is 1.95 bits per heavy atom. The molecular weight excluding hydrogens is 274 g/mol. The van der Waals surface area contributed by atoms with E-state index in [0.717, 1.165) is 0 Å². The number of hydrogen-bond acceptors (Lipinski definition) is 5. The van der Waals surface area contributed by atoms with Gasteiger partial charge in [-0.1, -0.05) is 12.2 Å². The zero-order valence-electron chi connectivity index (χ0n) is 13.0. The molecule has 0 aromatic rings. The number of amides is 1. The Morgan fingerprint density at radius 3 is 2.48 bits per heavy atom. The first-order chi connectivity index (χ1) is 9.78. The molecule has 0 heterocycles. The Labute approximate surface area is 126 Å². The highest BCUT2D eigenvalue weighted by Gasteiger charge is 2.18. The summed E-state index contributed by atoms with van der Waals surface area (Å²) in [5.74, 6) is -0.461. The number of hydrogen-bond donors (Lipinski definition) is 1. The van der Waals surface area contributed by atoms with Gasteiger partial charge >= 0.3 is 12.1 Å². The lowest BCUT2D eigenvalue weighted by Gasteiger charge is -2.22. The summed E-state index contributed by atoms with van der Waals surface area (Å²) in [5, 5.41) is 2.58. The van der Waals surface area contributed by atoms with E-state index in [2.05, 4.69) is 18.5 Å². The molecule has 6 heteroatoms. The number of alkyl carbamates (subject to hydrolysis) is 1. The van der Waals surface area contributed by atoms with Gasteiger partial charge in [-0.25, -0.2) is 9.59 Å². The van der Waals surface area contributed by atoms with Crippen LogP contribution in [0.1, 0.15) is 27.2 Å². The van der Waals surface area contributed by atoms with Gasteiger partial charge in [-0.05, 0) is 27.2 Å². The van der Waals surface area contributed by atoms with Crippen molar-refractivity contribution in [2.45, 2.75) is 38.8 Å². The Balaban J connectivity index is 3.94. The minimum atomic E-state index is -0.578. The maximum atomic E-state index is 11.6. The Bertz CT molecular complexity index is 360. The molecule has 0 saturated carbocycles. The molecule has 1 amide bonds. The molecule has 0 bridgehead atoms. The van der Waals surface area contributed by atoms with E-state index in [4.69, 9.17) is 14.2 Å². The monoisotopic (exact) mass is 299 g/mol. The van der Waals surface area contributed by atoms with Gasteiger partial charge in [-0.3, -0.25) is 0 Å². The number of carbonyl (C=O) groups is 2. The van der Waals surface area contributed by atoms with Crippen molar-refractivity contribution in [2.24, 2.45) is 0 Å². The van der Waals surface area contributed by atoms with Crippen LogP contribution in [0.4, 0.5) is 4.79 Å². The zero-order chi connectivity index (χ0) is 16.3. The van der Waals surface area contributed by atoms with Crippen molar-refractivity contribution in [3.05, 3.63) is 25.3 Å². The fourth-order valence-electron chi connectivity index (χ4n) is 1.19. The summed E-state index contributed by atoms with van der Waals surface area (Å²) in [6.07, 6.45) is 3.20. The van der Waals surface area contributed by atoms with E-state index in [1.165, 1.54) is 6.08 Å². The van der Waals surface area contributed by atoms with Gasteiger partial charge in [0.05, 0.1) is 19.3 Å². The number of rotatable bonds is 9. The number of nitrogens with one attached hydrogen (secondary N) is 1. The van der Waals surface area contributed by atoms with Crippen LogP contribution in [-0.2, 0) is 19.0 Å². The van der Waals surface area contributed by atoms with E-state index in [1.54, 1.807) is 26.8 Å². The molecule has 0 radical (unpaired) electrons. The SMILES string of the molecule is C=CCCOC(=O)COC[C@H](C=C)NC(=O)OC(C)(C)C. The van der Waals surface area contributed by atoms with Crippen LogP contribution in [0.3, 0.4) is 0 Å². The number of esters is 1. The Kier molecular flexibility index (Phi) is 9.12. The summed E-state index contributed by atoms with van der Waals surface area (Å²) >= 11 is 0. The number of ether oxygens (including phenoxy) is 3. The summed E-state index contributed by atoms with van der Waals surface area (Å²) in [6, 6.07) is -0.444. The van der Waals surface area contributed by atoms with Crippen LogP contribution in [0.15, 0.2) is 25.3 Å². The van der Waals surface area contributed by atoms with Crippen molar-refractivity contribution in [1.82, 2.24) is 5.32 Å². The molecule has 120 valence electrons. The van der Waals surface area contributed by atoms with Gasteiger partial charge in [0.15, 0.2) is 0 Å².